The zero-order valence-corrected chi connectivity index (χ0v) is 21.5. The molecule has 0 aliphatic heterocycles. The van der Waals surface area contributed by atoms with Crippen LogP contribution in [-0.4, -0.2) is 33.1 Å². The number of pyridine rings is 1. The van der Waals surface area contributed by atoms with E-state index in [9.17, 15) is 9.59 Å². The van der Waals surface area contributed by atoms with Gasteiger partial charge in [0, 0.05) is 29.2 Å². The molecule has 3 aromatic heterocycles. The summed E-state index contributed by atoms with van der Waals surface area (Å²) in [6.07, 6.45) is 3.76. The Balaban J connectivity index is 1.49. The van der Waals surface area contributed by atoms with Gasteiger partial charge in [0.1, 0.15) is 11.4 Å². The highest BCUT2D eigenvalue weighted by molar-refractivity contribution is 7.08. The molecule has 0 atom stereocenters. The molecular weight excluding hydrogens is 521 g/mol. The maximum Gasteiger partial charge on any atom is 0.274 e. The van der Waals surface area contributed by atoms with Crippen LogP contribution in [0, 0.1) is 12.8 Å². The van der Waals surface area contributed by atoms with Gasteiger partial charge in [-0.3, -0.25) is 9.59 Å². The molecule has 0 saturated heterocycles. The van der Waals surface area contributed by atoms with Crippen molar-refractivity contribution < 1.29 is 14.3 Å². The number of amides is 2. The Bertz CT molecular complexity index is 1430. The Morgan fingerprint density at radius 3 is 2.75 bits per heavy atom. The fourth-order valence-electron chi connectivity index (χ4n) is 3.62. The third-order valence-electron chi connectivity index (χ3n) is 5.61. The van der Waals surface area contributed by atoms with Crippen LogP contribution in [0.3, 0.4) is 0 Å². The molecule has 0 bridgehead atoms. The van der Waals surface area contributed by atoms with Crippen molar-refractivity contribution in [2.45, 2.75) is 19.8 Å². The number of thiophene rings is 1. The zero-order valence-electron chi connectivity index (χ0n) is 19.1. The monoisotopic (exact) mass is 541 g/mol. The highest BCUT2D eigenvalue weighted by atomic mass is 35.5. The van der Waals surface area contributed by atoms with E-state index in [1.165, 1.54) is 22.1 Å². The Labute approximate surface area is 221 Å². The minimum atomic E-state index is -0.522. The second kappa shape index (κ2) is 10.3. The van der Waals surface area contributed by atoms with E-state index < -0.39 is 5.91 Å². The molecule has 2 amide bonds. The molecule has 1 fully saturated rings. The molecular formula is C25H21Cl2N5O3S. The van der Waals surface area contributed by atoms with Gasteiger partial charge in [-0.05, 0) is 67.0 Å². The molecule has 3 heterocycles. The first kappa shape index (κ1) is 24.3. The van der Waals surface area contributed by atoms with Crippen LogP contribution in [0.1, 0.15) is 39.3 Å². The van der Waals surface area contributed by atoms with Gasteiger partial charge in [0.25, 0.3) is 11.8 Å². The number of carbonyl (C=O) groups is 2. The average molecular weight is 542 g/mol. The molecule has 0 spiro atoms. The van der Waals surface area contributed by atoms with Gasteiger partial charge in [-0.2, -0.15) is 0 Å². The summed E-state index contributed by atoms with van der Waals surface area (Å²) in [5.74, 6) is 0.727. The van der Waals surface area contributed by atoms with Crippen molar-refractivity contribution in [3.05, 3.63) is 80.2 Å². The Hall–Kier alpha value is -3.40. The Morgan fingerprint density at radius 1 is 1.19 bits per heavy atom. The number of benzene rings is 1. The van der Waals surface area contributed by atoms with E-state index in [1.807, 2.05) is 10.8 Å². The van der Waals surface area contributed by atoms with Crippen molar-refractivity contribution in [3.63, 3.8) is 0 Å². The van der Waals surface area contributed by atoms with Crippen LogP contribution in [0.4, 0.5) is 5.69 Å². The lowest BCUT2D eigenvalue weighted by Gasteiger charge is -2.15. The van der Waals surface area contributed by atoms with Crippen LogP contribution in [-0.2, 0) is 0 Å². The summed E-state index contributed by atoms with van der Waals surface area (Å²) in [4.78, 5) is 30.8. The summed E-state index contributed by atoms with van der Waals surface area (Å²) in [5, 5.41) is 14.6. The molecule has 11 heteroatoms. The van der Waals surface area contributed by atoms with Crippen molar-refractivity contribution in [2.24, 2.45) is 5.92 Å². The van der Waals surface area contributed by atoms with Crippen LogP contribution >= 0.6 is 34.5 Å². The number of ether oxygens (including phenoxy) is 1. The molecule has 184 valence electrons. The first-order chi connectivity index (χ1) is 17.4. The smallest absolute Gasteiger partial charge is 0.274 e. The number of halogens is 2. The molecule has 1 aromatic carbocycles. The van der Waals surface area contributed by atoms with Gasteiger partial charge < -0.3 is 15.4 Å². The molecule has 8 nitrogen and oxygen atoms in total. The van der Waals surface area contributed by atoms with Crippen molar-refractivity contribution in [1.29, 1.82) is 0 Å². The third kappa shape index (κ3) is 5.38. The van der Waals surface area contributed by atoms with E-state index in [2.05, 4.69) is 20.7 Å². The van der Waals surface area contributed by atoms with Gasteiger partial charge in [-0.25, -0.2) is 9.67 Å². The minimum absolute atomic E-state index is 0.125. The third-order valence-corrected chi connectivity index (χ3v) is 6.78. The maximum atomic E-state index is 13.6. The fourth-order valence-corrected chi connectivity index (χ4v) is 4.64. The molecule has 5 rings (SSSR count). The highest BCUT2D eigenvalue weighted by Gasteiger charge is 2.25. The summed E-state index contributed by atoms with van der Waals surface area (Å²) in [6, 6.07) is 9.86. The summed E-state index contributed by atoms with van der Waals surface area (Å²) in [7, 11) is 0. The van der Waals surface area contributed by atoms with Gasteiger partial charge in [-0.1, -0.05) is 23.2 Å². The van der Waals surface area contributed by atoms with Crippen LogP contribution in [0.25, 0.3) is 5.82 Å². The Morgan fingerprint density at radius 2 is 2.03 bits per heavy atom. The van der Waals surface area contributed by atoms with E-state index in [1.54, 1.807) is 43.5 Å². The number of hydrogen-bond acceptors (Lipinski definition) is 6. The quantitative estimate of drug-likeness (QED) is 0.279. The van der Waals surface area contributed by atoms with Gasteiger partial charge in [0.15, 0.2) is 5.82 Å². The highest BCUT2D eigenvalue weighted by Crippen LogP contribution is 2.31. The van der Waals surface area contributed by atoms with Crippen LogP contribution in [0.2, 0.25) is 10.0 Å². The standard InChI is InChI=1S/C25H21Cl2N5O3S/c1-14-9-16(26)10-18(24(33)29-12-15-4-5-15)22(14)30-25(34)20-11-21(35-17-6-8-36-13-17)31-32(20)23-19(27)3-2-7-28-23/h2-3,6-11,13,15H,4-5,12H2,1H3,(H,29,33)(H,30,34). The molecule has 36 heavy (non-hydrogen) atoms. The molecule has 1 aliphatic carbocycles. The number of carbonyl (C=O) groups excluding carboxylic acids is 2. The summed E-state index contributed by atoms with van der Waals surface area (Å²) < 4.78 is 7.13. The number of anilines is 1. The second-order valence-electron chi connectivity index (χ2n) is 8.40. The van der Waals surface area contributed by atoms with Gasteiger partial charge in [0.05, 0.1) is 16.3 Å². The molecule has 0 radical (unpaired) electrons. The van der Waals surface area contributed by atoms with E-state index in [4.69, 9.17) is 27.9 Å². The van der Waals surface area contributed by atoms with E-state index in [-0.39, 0.29) is 28.9 Å². The summed E-state index contributed by atoms with van der Waals surface area (Å²) >= 11 is 14.1. The molecule has 1 saturated carbocycles. The van der Waals surface area contributed by atoms with E-state index in [0.717, 1.165) is 12.8 Å². The lowest BCUT2D eigenvalue weighted by molar-refractivity contribution is 0.0952. The van der Waals surface area contributed by atoms with Crippen LogP contribution in [0.5, 0.6) is 11.6 Å². The lowest BCUT2D eigenvalue weighted by Crippen LogP contribution is -2.28. The van der Waals surface area contributed by atoms with Crippen LogP contribution < -0.4 is 15.4 Å². The number of rotatable bonds is 8. The van der Waals surface area contributed by atoms with Crippen LogP contribution in [0.15, 0.2) is 53.4 Å². The predicted octanol–water partition coefficient (Wildman–Crippen LogP) is 6.13. The largest absolute Gasteiger partial charge is 0.437 e. The number of aromatic nitrogens is 3. The summed E-state index contributed by atoms with van der Waals surface area (Å²) in [5.41, 5.74) is 1.41. The second-order valence-corrected chi connectivity index (χ2v) is 10.0. The van der Waals surface area contributed by atoms with Crippen molar-refractivity contribution in [1.82, 2.24) is 20.1 Å². The lowest BCUT2D eigenvalue weighted by atomic mass is 10.1. The molecule has 0 unspecified atom stereocenters. The molecule has 1 aliphatic rings. The van der Waals surface area contributed by atoms with Crippen molar-refractivity contribution >= 4 is 52.0 Å². The Kier molecular flexibility index (Phi) is 6.95. The number of aryl methyl sites for hydroxylation is 1. The number of hydrogen-bond donors (Lipinski definition) is 2. The zero-order chi connectivity index (χ0) is 25.2. The minimum Gasteiger partial charge on any atom is -0.437 e. The maximum absolute atomic E-state index is 13.6. The van der Waals surface area contributed by atoms with Gasteiger partial charge in [0.2, 0.25) is 5.88 Å². The van der Waals surface area contributed by atoms with Gasteiger partial charge >= 0.3 is 0 Å². The predicted molar refractivity (Wildman–Crippen MR) is 140 cm³/mol. The SMILES string of the molecule is Cc1cc(Cl)cc(C(=O)NCC2CC2)c1NC(=O)c1cc(Oc2ccsc2)nn1-c1ncccc1Cl. The molecule has 4 aromatic rings. The van der Waals surface area contributed by atoms with E-state index in [0.29, 0.717) is 39.5 Å². The topological polar surface area (TPSA) is 98.1 Å². The molecule has 2 N–H and O–H groups in total. The van der Waals surface area contributed by atoms with Gasteiger partial charge in [-0.15, -0.1) is 16.4 Å². The fraction of sp³-hybridized carbons (Fsp3) is 0.200. The number of nitrogens with zero attached hydrogens (tertiary/aromatic N) is 3. The summed E-state index contributed by atoms with van der Waals surface area (Å²) in [6.45, 7) is 2.36. The normalized spacial score (nSPS) is 12.9. The first-order valence-corrected chi connectivity index (χ1v) is 12.9. The van der Waals surface area contributed by atoms with Crippen molar-refractivity contribution in [2.75, 3.05) is 11.9 Å². The van der Waals surface area contributed by atoms with E-state index >= 15 is 0 Å². The number of nitrogens with one attached hydrogen (secondary N) is 2. The van der Waals surface area contributed by atoms with Crippen molar-refractivity contribution in [3.8, 4) is 17.4 Å². The average Bonchev–Trinajstić information content (AvgIpc) is 3.36. The first-order valence-electron chi connectivity index (χ1n) is 11.2.